The number of nitrogens with one attached hydrogen (secondary N) is 1. The molecule has 0 spiro atoms. The number of hydrogen-bond acceptors (Lipinski definition) is 3. The molecule has 0 radical (unpaired) electrons. The van der Waals surface area contributed by atoms with Gasteiger partial charge >= 0.3 is 0 Å². The maximum atomic E-state index is 3.54. The van der Waals surface area contributed by atoms with Crippen LogP contribution < -0.4 is 5.32 Å². The summed E-state index contributed by atoms with van der Waals surface area (Å²) in [5, 5.41) is 4.37. The van der Waals surface area contributed by atoms with Crippen molar-refractivity contribution in [3.05, 3.63) is 0 Å². The molecular weight excluding hydrogens is 204 g/mol. The van der Waals surface area contributed by atoms with Crippen LogP contribution in [0.2, 0.25) is 0 Å². The van der Waals surface area contributed by atoms with E-state index < -0.39 is 0 Å². The standard InChI is InChI=1S/C12H26N2S/c1-11-10-14(8-9-15-11)7-5-6-13-12(2,3)4/h11,13H,5-10H2,1-4H3. The predicted octanol–water partition coefficient (Wildman–Crippen LogP) is 2.20. The fourth-order valence-electron chi connectivity index (χ4n) is 1.86. The molecule has 0 aromatic rings. The second-order valence-corrected chi connectivity index (χ2v) is 7.06. The molecule has 3 heteroatoms. The van der Waals surface area contributed by atoms with Crippen LogP contribution in [0.4, 0.5) is 0 Å². The van der Waals surface area contributed by atoms with Gasteiger partial charge in [0.1, 0.15) is 0 Å². The maximum absolute atomic E-state index is 3.54. The van der Waals surface area contributed by atoms with Gasteiger partial charge in [-0.15, -0.1) is 0 Å². The minimum absolute atomic E-state index is 0.269. The normalized spacial score (nSPS) is 24.4. The highest BCUT2D eigenvalue weighted by Gasteiger charge is 2.16. The van der Waals surface area contributed by atoms with E-state index in [1.807, 2.05) is 0 Å². The summed E-state index contributed by atoms with van der Waals surface area (Å²) in [5.74, 6) is 1.31. The molecule has 15 heavy (non-hydrogen) atoms. The van der Waals surface area contributed by atoms with Crippen LogP contribution in [0.1, 0.15) is 34.1 Å². The molecule has 0 aliphatic carbocycles. The first-order chi connectivity index (χ1) is 6.97. The average Bonchev–Trinajstić information content (AvgIpc) is 2.11. The van der Waals surface area contributed by atoms with Crippen molar-refractivity contribution < 1.29 is 0 Å². The Bertz CT molecular complexity index is 177. The van der Waals surface area contributed by atoms with Crippen molar-refractivity contribution >= 4 is 11.8 Å². The zero-order valence-corrected chi connectivity index (χ0v) is 11.5. The lowest BCUT2D eigenvalue weighted by molar-refractivity contribution is 0.276. The summed E-state index contributed by atoms with van der Waals surface area (Å²) >= 11 is 2.11. The lowest BCUT2D eigenvalue weighted by Crippen LogP contribution is -2.40. The monoisotopic (exact) mass is 230 g/mol. The van der Waals surface area contributed by atoms with Gasteiger partial charge in [-0.2, -0.15) is 11.8 Å². The summed E-state index contributed by atoms with van der Waals surface area (Å²) in [5.41, 5.74) is 0.269. The largest absolute Gasteiger partial charge is 0.312 e. The topological polar surface area (TPSA) is 15.3 Å². The van der Waals surface area contributed by atoms with Crippen LogP contribution in [-0.4, -0.2) is 47.6 Å². The summed E-state index contributed by atoms with van der Waals surface area (Å²) in [4.78, 5) is 2.60. The molecule has 0 amide bonds. The van der Waals surface area contributed by atoms with Crippen LogP contribution in [0, 0.1) is 0 Å². The van der Waals surface area contributed by atoms with Gasteiger partial charge in [-0.25, -0.2) is 0 Å². The minimum Gasteiger partial charge on any atom is -0.312 e. The van der Waals surface area contributed by atoms with Gasteiger partial charge in [0.2, 0.25) is 0 Å². The Morgan fingerprint density at radius 3 is 2.73 bits per heavy atom. The first-order valence-corrected chi connectivity index (χ1v) is 7.11. The van der Waals surface area contributed by atoms with Crippen molar-refractivity contribution in [3.8, 4) is 0 Å². The first kappa shape index (κ1) is 13.3. The second-order valence-electron chi connectivity index (χ2n) is 5.51. The van der Waals surface area contributed by atoms with Crippen molar-refractivity contribution in [2.75, 3.05) is 31.9 Å². The number of thioether (sulfide) groups is 1. The molecule has 0 aromatic heterocycles. The van der Waals surface area contributed by atoms with Gasteiger partial charge in [-0.1, -0.05) is 6.92 Å². The molecule has 1 heterocycles. The molecule has 1 rings (SSSR count). The molecule has 0 bridgehead atoms. The van der Waals surface area contributed by atoms with Crippen LogP contribution in [0.15, 0.2) is 0 Å². The van der Waals surface area contributed by atoms with E-state index in [1.165, 1.54) is 31.8 Å². The quantitative estimate of drug-likeness (QED) is 0.746. The van der Waals surface area contributed by atoms with Crippen molar-refractivity contribution in [1.29, 1.82) is 0 Å². The molecule has 0 saturated carbocycles. The number of nitrogens with zero attached hydrogens (tertiary/aromatic N) is 1. The molecule has 1 aliphatic rings. The molecule has 90 valence electrons. The summed E-state index contributed by atoms with van der Waals surface area (Å²) in [6.07, 6.45) is 1.27. The lowest BCUT2D eigenvalue weighted by Gasteiger charge is -2.30. The molecule has 0 aromatic carbocycles. The lowest BCUT2D eigenvalue weighted by atomic mass is 10.1. The Hall–Kier alpha value is 0.270. The molecule has 1 fully saturated rings. The molecule has 1 atom stereocenters. The number of rotatable bonds is 4. The van der Waals surface area contributed by atoms with Crippen molar-refractivity contribution in [1.82, 2.24) is 10.2 Å². The number of hydrogen-bond donors (Lipinski definition) is 1. The van der Waals surface area contributed by atoms with E-state index in [4.69, 9.17) is 0 Å². The minimum atomic E-state index is 0.269. The summed E-state index contributed by atoms with van der Waals surface area (Å²) < 4.78 is 0. The molecule has 2 nitrogen and oxygen atoms in total. The summed E-state index contributed by atoms with van der Waals surface area (Å²) in [6, 6.07) is 0. The van der Waals surface area contributed by atoms with Gasteiger partial charge in [0.25, 0.3) is 0 Å². The predicted molar refractivity (Wildman–Crippen MR) is 70.7 cm³/mol. The van der Waals surface area contributed by atoms with Crippen molar-refractivity contribution in [2.24, 2.45) is 0 Å². The maximum Gasteiger partial charge on any atom is 0.0147 e. The Labute approximate surface area is 99.2 Å². The molecule has 1 N–H and O–H groups in total. The third-order valence-electron chi connectivity index (χ3n) is 2.63. The van der Waals surface area contributed by atoms with E-state index in [9.17, 15) is 0 Å². The SMILES string of the molecule is CC1CN(CCCNC(C)(C)C)CCS1. The fraction of sp³-hybridized carbons (Fsp3) is 1.00. The highest BCUT2D eigenvalue weighted by Crippen LogP contribution is 2.17. The zero-order valence-electron chi connectivity index (χ0n) is 10.7. The van der Waals surface area contributed by atoms with E-state index in [0.29, 0.717) is 0 Å². The zero-order chi connectivity index (χ0) is 11.3. The van der Waals surface area contributed by atoms with Crippen LogP contribution in [0.3, 0.4) is 0 Å². The highest BCUT2D eigenvalue weighted by atomic mass is 32.2. The third-order valence-corrected chi connectivity index (χ3v) is 3.77. The van der Waals surface area contributed by atoms with E-state index in [0.717, 1.165) is 11.8 Å². The van der Waals surface area contributed by atoms with E-state index in [-0.39, 0.29) is 5.54 Å². The summed E-state index contributed by atoms with van der Waals surface area (Å²) in [6.45, 7) is 14.0. The molecule has 1 saturated heterocycles. The first-order valence-electron chi connectivity index (χ1n) is 6.06. The Kier molecular flexibility index (Phi) is 5.44. The van der Waals surface area contributed by atoms with Crippen LogP contribution in [0.5, 0.6) is 0 Å². The third kappa shape index (κ3) is 6.44. The Morgan fingerprint density at radius 1 is 1.40 bits per heavy atom. The fourth-order valence-corrected chi connectivity index (χ4v) is 2.94. The van der Waals surface area contributed by atoms with Crippen molar-refractivity contribution in [2.45, 2.75) is 44.9 Å². The second kappa shape index (κ2) is 6.12. The molecule has 1 aliphatic heterocycles. The van der Waals surface area contributed by atoms with Gasteiger partial charge < -0.3 is 10.2 Å². The van der Waals surface area contributed by atoms with Crippen LogP contribution in [-0.2, 0) is 0 Å². The van der Waals surface area contributed by atoms with Crippen molar-refractivity contribution in [3.63, 3.8) is 0 Å². The molecule has 1 unspecified atom stereocenters. The van der Waals surface area contributed by atoms with Gasteiger partial charge in [0.05, 0.1) is 0 Å². The van der Waals surface area contributed by atoms with E-state index in [2.05, 4.69) is 49.7 Å². The van der Waals surface area contributed by atoms with Gasteiger partial charge in [-0.05, 0) is 40.3 Å². The van der Waals surface area contributed by atoms with Crippen LogP contribution in [0.25, 0.3) is 0 Å². The summed E-state index contributed by atoms with van der Waals surface area (Å²) in [7, 11) is 0. The van der Waals surface area contributed by atoms with Gasteiger partial charge in [0, 0.05) is 29.6 Å². The van der Waals surface area contributed by atoms with E-state index in [1.54, 1.807) is 0 Å². The smallest absolute Gasteiger partial charge is 0.0147 e. The Morgan fingerprint density at radius 2 is 2.13 bits per heavy atom. The van der Waals surface area contributed by atoms with Gasteiger partial charge in [0.15, 0.2) is 0 Å². The Balaban J connectivity index is 2.04. The van der Waals surface area contributed by atoms with Crippen LogP contribution >= 0.6 is 11.8 Å². The highest BCUT2D eigenvalue weighted by molar-refractivity contribution is 7.99. The molecular formula is C12H26N2S. The average molecular weight is 230 g/mol. The van der Waals surface area contributed by atoms with Gasteiger partial charge in [-0.3, -0.25) is 0 Å². The van der Waals surface area contributed by atoms with E-state index >= 15 is 0 Å².